The number of rotatable bonds is 9. The second kappa shape index (κ2) is 12.8. The molecule has 0 bridgehead atoms. The predicted octanol–water partition coefficient (Wildman–Crippen LogP) is 9.83. The van der Waals surface area contributed by atoms with E-state index >= 15 is 0 Å². The van der Waals surface area contributed by atoms with Crippen LogP contribution in [0.5, 0.6) is 0 Å². The van der Waals surface area contributed by atoms with Crippen LogP contribution >= 0.6 is 0 Å². The molecule has 0 unspecified atom stereocenters. The van der Waals surface area contributed by atoms with E-state index in [4.69, 9.17) is 0 Å². The molecule has 34 heavy (non-hydrogen) atoms. The molecule has 3 aromatic carbocycles. The Morgan fingerprint density at radius 2 is 1.32 bits per heavy atom. The van der Waals surface area contributed by atoms with Gasteiger partial charge in [0.15, 0.2) is 0 Å². The van der Waals surface area contributed by atoms with Crippen molar-refractivity contribution in [2.75, 3.05) is 0 Å². The van der Waals surface area contributed by atoms with Crippen molar-refractivity contribution in [2.45, 2.75) is 96.8 Å². The van der Waals surface area contributed by atoms with Crippen LogP contribution in [0.15, 0.2) is 60.7 Å². The largest absolute Gasteiger partial charge is 0.0654 e. The highest BCUT2D eigenvalue weighted by molar-refractivity contribution is 5.84. The zero-order chi connectivity index (χ0) is 23.6. The van der Waals surface area contributed by atoms with Crippen molar-refractivity contribution in [3.8, 4) is 11.8 Å². The lowest BCUT2D eigenvalue weighted by Gasteiger charge is -2.29. The molecule has 1 saturated carbocycles. The Hall–Kier alpha value is -2.52. The van der Waals surface area contributed by atoms with Crippen LogP contribution in [-0.2, 0) is 6.42 Å². The number of unbranched alkanes of at least 4 members (excludes halogenated alkanes) is 4. The summed E-state index contributed by atoms with van der Waals surface area (Å²) in [6, 6.07) is 22.6. The summed E-state index contributed by atoms with van der Waals surface area (Å²) in [6.45, 7) is 4.55. The molecule has 0 radical (unpaired) electrons. The van der Waals surface area contributed by atoms with E-state index < -0.39 is 0 Å². The van der Waals surface area contributed by atoms with Crippen molar-refractivity contribution < 1.29 is 0 Å². The fourth-order valence-electron chi connectivity index (χ4n) is 5.54. The molecular weight excluding hydrogens is 408 g/mol. The molecule has 0 heterocycles. The standard InChI is InChI=1S/C34H42/c1-3-5-7-8-10-27-13-19-31(20-14-27)32-21-15-28(16-22-32)11-12-30-18-24-33-25-29(9-6-4-2)17-23-34(33)26-30/h15-18,21-27,31H,3-10,13-14,19-20H2,1-2H3. The Balaban J connectivity index is 1.32. The monoisotopic (exact) mass is 450 g/mol. The smallest absolute Gasteiger partial charge is 0.0255 e. The maximum Gasteiger partial charge on any atom is 0.0255 e. The van der Waals surface area contributed by atoms with Gasteiger partial charge in [0.2, 0.25) is 0 Å². The highest BCUT2D eigenvalue weighted by Crippen LogP contribution is 2.37. The molecule has 0 spiro atoms. The van der Waals surface area contributed by atoms with E-state index in [1.54, 1.807) is 0 Å². The summed E-state index contributed by atoms with van der Waals surface area (Å²) in [5.74, 6) is 8.49. The van der Waals surface area contributed by atoms with E-state index in [2.05, 4.69) is 86.4 Å². The van der Waals surface area contributed by atoms with Gasteiger partial charge in [0.1, 0.15) is 0 Å². The van der Waals surface area contributed by atoms with E-state index in [0.29, 0.717) is 0 Å². The molecule has 0 saturated heterocycles. The molecule has 0 heteroatoms. The number of fused-ring (bicyclic) bond motifs is 1. The van der Waals surface area contributed by atoms with Gasteiger partial charge in [-0.2, -0.15) is 0 Å². The third-order valence-corrected chi connectivity index (χ3v) is 7.77. The quantitative estimate of drug-likeness (QED) is 0.225. The Bertz CT molecular complexity index is 1080. The molecule has 1 fully saturated rings. The number of aryl methyl sites for hydroxylation is 1. The second-order valence-corrected chi connectivity index (χ2v) is 10.4. The number of hydrogen-bond acceptors (Lipinski definition) is 0. The van der Waals surface area contributed by atoms with Gasteiger partial charge in [-0.05, 0) is 96.5 Å². The van der Waals surface area contributed by atoms with Crippen LogP contribution in [0, 0.1) is 17.8 Å². The maximum absolute atomic E-state index is 3.39. The summed E-state index contributed by atoms with van der Waals surface area (Å²) in [6.07, 6.45) is 16.3. The van der Waals surface area contributed by atoms with Gasteiger partial charge in [0.25, 0.3) is 0 Å². The van der Waals surface area contributed by atoms with Crippen molar-refractivity contribution in [3.63, 3.8) is 0 Å². The Morgan fingerprint density at radius 3 is 2.09 bits per heavy atom. The summed E-state index contributed by atoms with van der Waals surface area (Å²) in [5, 5.41) is 2.60. The first-order valence-electron chi connectivity index (χ1n) is 13.9. The van der Waals surface area contributed by atoms with E-state index in [-0.39, 0.29) is 0 Å². The number of hydrogen-bond donors (Lipinski definition) is 0. The zero-order valence-electron chi connectivity index (χ0n) is 21.4. The van der Waals surface area contributed by atoms with Crippen molar-refractivity contribution in [3.05, 3.63) is 82.9 Å². The average Bonchev–Trinajstić information content (AvgIpc) is 2.89. The third-order valence-electron chi connectivity index (χ3n) is 7.77. The van der Waals surface area contributed by atoms with Gasteiger partial charge in [0.05, 0.1) is 0 Å². The second-order valence-electron chi connectivity index (χ2n) is 10.4. The van der Waals surface area contributed by atoms with E-state index in [1.807, 2.05) is 0 Å². The van der Waals surface area contributed by atoms with Crippen molar-refractivity contribution in [2.24, 2.45) is 5.92 Å². The normalized spacial score (nSPS) is 17.9. The first-order chi connectivity index (χ1) is 16.7. The van der Waals surface area contributed by atoms with Gasteiger partial charge in [0, 0.05) is 11.1 Å². The topological polar surface area (TPSA) is 0 Å². The molecular formula is C34H42. The van der Waals surface area contributed by atoms with Crippen LogP contribution in [-0.4, -0.2) is 0 Å². The lowest BCUT2D eigenvalue weighted by atomic mass is 9.77. The first kappa shape index (κ1) is 24.6. The maximum atomic E-state index is 3.39. The third kappa shape index (κ3) is 6.99. The summed E-state index contributed by atoms with van der Waals surface area (Å²) in [5.41, 5.74) is 5.16. The van der Waals surface area contributed by atoms with Crippen LogP contribution in [0.25, 0.3) is 10.8 Å². The van der Waals surface area contributed by atoms with Crippen LogP contribution in [0.2, 0.25) is 0 Å². The minimum atomic E-state index is 0.747. The molecule has 1 aliphatic carbocycles. The summed E-state index contributed by atoms with van der Waals surface area (Å²) >= 11 is 0. The van der Waals surface area contributed by atoms with Crippen LogP contribution < -0.4 is 0 Å². The molecule has 0 aromatic heterocycles. The Labute approximate surface area is 208 Å². The van der Waals surface area contributed by atoms with Gasteiger partial charge in [-0.15, -0.1) is 0 Å². The number of benzene rings is 3. The highest BCUT2D eigenvalue weighted by atomic mass is 14.3. The van der Waals surface area contributed by atoms with Crippen LogP contribution in [0.3, 0.4) is 0 Å². The van der Waals surface area contributed by atoms with Crippen LogP contribution in [0.1, 0.15) is 113 Å². The lowest BCUT2D eigenvalue weighted by Crippen LogP contribution is -2.13. The molecule has 3 aromatic rings. The summed E-state index contributed by atoms with van der Waals surface area (Å²) in [4.78, 5) is 0. The molecule has 1 aliphatic rings. The van der Waals surface area contributed by atoms with Gasteiger partial charge in [-0.25, -0.2) is 0 Å². The van der Waals surface area contributed by atoms with E-state index in [9.17, 15) is 0 Å². The van der Waals surface area contributed by atoms with Crippen LogP contribution in [0.4, 0.5) is 0 Å². The molecule has 0 amide bonds. The SMILES string of the molecule is CCCCCCC1CCC(c2ccc(C#Cc3ccc4cc(CCCC)ccc4c3)cc2)CC1. The Morgan fingerprint density at radius 1 is 0.647 bits per heavy atom. The van der Waals surface area contributed by atoms with Gasteiger partial charge in [-0.3, -0.25) is 0 Å². The molecule has 0 nitrogen and oxygen atoms in total. The highest BCUT2D eigenvalue weighted by Gasteiger charge is 2.21. The summed E-state index contributed by atoms with van der Waals surface area (Å²) < 4.78 is 0. The zero-order valence-corrected chi connectivity index (χ0v) is 21.4. The van der Waals surface area contributed by atoms with E-state index in [1.165, 1.54) is 98.9 Å². The first-order valence-corrected chi connectivity index (χ1v) is 13.9. The van der Waals surface area contributed by atoms with Crippen molar-refractivity contribution in [1.29, 1.82) is 0 Å². The predicted molar refractivity (Wildman–Crippen MR) is 148 cm³/mol. The minimum absolute atomic E-state index is 0.747. The molecule has 0 N–H and O–H groups in total. The fraction of sp³-hybridized carbons (Fsp3) is 0.471. The minimum Gasteiger partial charge on any atom is -0.0654 e. The van der Waals surface area contributed by atoms with Gasteiger partial charge >= 0.3 is 0 Å². The molecule has 0 aliphatic heterocycles. The average molecular weight is 451 g/mol. The van der Waals surface area contributed by atoms with E-state index in [0.717, 1.165) is 23.0 Å². The van der Waals surface area contributed by atoms with Crippen molar-refractivity contribution >= 4 is 10.8 Å². The molecule has 4 rings (SSSR count). The van der Waals surface area contributed by atoms with Gasteiger partial charge in [-0.1, -0.05) is 101 Å². The van der Waals surface area contributed by atoms with Gasteiger partial charge < -0.3 is 0 Å². The molecule has 0 atom stereocenters. The van der Waals surface area contributed by atoms with Crippen molar-refractivity contribution in [1.82, 2.24) is 0 Å². The fourth-order valence-corrected chi connectivity index (χ4v) is 5.54. The summed E-state index contributed by atoms with van der Waals surface area (Å²) in [7, 11) is 0. The lowest BCUT2D eigenvalue weighted by molar-refractivity contribution is 0.302. The molecule has 178 valence electrons. The Kier molecular flexibility index (Phi) is 9.27.